The molecule has 0 saturated carbocycles. The molecule has 0 unspecified atom stereocenters. The van der Waals surface area contributed by atoms with Crippen LogP contribution in [0.1, 0.15) is 5.56 Å². The summed E-state index contributed by atoms with van der Waals surface area (Å²) in [4.78, 5) is 20.2. The highest BCUT2D eigenvalue weighted by molar-refractivity contribution is 9.10. The molecule has 1 aromatic heterocycles. The molecule has 0 saturated heterocycles. The lowest BCUT2D eigenvalue weighted by Gasteiger charge is -2.20. The standard InChI is InChI=1S/C11H11BrClN3O2/c1-18-5-7-4-14-11(17)10(15-7)6-2-8(12)16-9(13)3-6/h2-3,7H,4-5H2,1H3,(H,14,17)/t7-/m0/s1. The highest BCUT2D eigenvalue weighted by atomic mass is 79.9. The number of carbonyl (C=O) groups is 1. The Bertz CT molecular complexity index is 487. The molecule has 18 heavy (non-hydrogen) atoms. The molecule has 0 bridgehead atoms. The number of nitrogens with one attached hydrogen (secondary N) is 1. The molecule has 96 valence electrons. The summed E-state index contributed by atoms with van der Waals surface area (Å²) in [5.41, 5.74) is 0.994. The molecule has 0 radical (unpaired) electrons. The topological polar surface area (TPSA) is 63.6 Å². The molecule has 2 heterocycles. The first-order valence-electron chi connectivity index (χ1n) is 5.28. The number of ether oxygens (including phenoxy) is 1. The fourth-order valence-corrected chi connectivity index (χ4v) is 2.43. The lowest BCUT2D eigenvalue weighted by atomic mass is 10.1. The van der Waals surface area contributed by atoms with Crippen LogP contribution in [0.3, 0.4) is 0 Å². The maximum atomic E-state index is 11.8. The number of nitrogens with zero attached hydrogens (tertiary/aromatic N) is 2. The Hall–Kier alpha value is -0.980. The summed E-state index contributed by atoms with van der Waals surface area (Å²) in [5, 5.41) is 3.08. The third-order valence-electron chi connectivity index (χ3n) is 2.42. The van der Waals surface area contributed by atoms with Crippen molar-refractivity contribution in [1.29, 1.82) is 0 Å². The lowest BCUT2D eigenvalue weighted by molar-refractivity contribution is -0.115. The number of halogens is 2. The Morgan fingerprint density at radius 3 is 3.06 bits per heavy atom. The number of hydrogen-bond donors (Lipinski definition) is 1. The van der Waals surface area contributed by atoms with E-state index in [1.54, 1.807) is 19.2 Å². The minimum Gasteiger partial charge on any atom is -0.382 e. The van der Waals surface area contributed by atoms with Crippen LogP contribution in [0.2, 0.25) is 5.15 Å². The van der Waals surface area contributed by atoms with Gasteiger partial charge in [-0.2, -0.15) is 0 Å². The van der Waals surface area contributed by atoms with Gasteiger partial charge in [-0.1, -0.05) is 11.6 Å². The summed E-state index contributed by atoms with van der Waals surface area (Å²) in [6.45, 7) is 0.944. The molecule has 0 spiro atoms. The summed E-state index contributed by atoms with van der Waals surface area (Å²) < 4.78 is 5.61. The average molecular weight is 333 g/mol. The van der Waals surface area contributed by atoms with Gasteiger partial charge in [-0.3, -0.25) is 9.79 Å². The number of aliphatic imine (C=N–C) groups is 1. The van der Waals surface area contributed by atoms with Crippen LogP contribution in [0.5, 0.6) is 0 Å². The van der Waals surface area contributed by atoms with Crippen LogP contribution in [-0.2, 0) is 9.53 Å². The number of rotatable bonds is 3. The predicted molar refractivity (Wildman–Crippen MR) is 72.2 cm³/mol. The number of pyridine rings is 1. The molecule has 5 nitrogen and oxygen atoms in total. The zero-order valence-electron chi connectivity index (χ0n) is 9.61. The van der Waals surface area contributed by atoms with Gasteiger partial charge in [0, 0.05) is 19.2 Å². The van der Waals surface area contributed by atoms with E-state index < -0.39 is 0 Å². The van der Waals surface area contributed by atoms with Gasteiger partial charge in [0.15, 0.2) is 0 Å². The van der Waals surface area contributed by atoms with E-state index >= 15 is 0 Å². The minimum absolute atomic E-state index is 0.0755. The molecule has 7 heteroatoms. The van der Waals surface area contributed by atoms with E-state index in [9.17, 15) is 4.79 Å². The molecule has 1 aromatic rings. The van der Waals surface area contributed by atoms with E-state index in [-0.39, 0.29) is 11.9 Å². The van der Waals surface area contributed by atoms with Crippen molar-refractivity contribution in [3.63, 3.8) is 0 Å². The van der Waals surface area contributed by atoms with E-state index in [0.29, 0.717) is 34.2 Å². The van der Waals surface area contributed by atoms with E-state index in [4.69, 9.17) is 16.3 Å². The highest BCUT2D eigenvalue weighted by Crippen LogP contribution is 2.17. The van der Waals surface area contributed by atoms with Gasteiger partial charge < -0.3 is 10.1 Å². The average Bonchev–Trinajstić information content (AvgIpc) is 2.30. The van der Waals surface area contributed by atoms with Crippen molar-refractivity contribution < 1.29 is 9.53 Å². The Morgan fingerprint density at radius 2 is 2.39 bits per heavy atom. The van der Waals surface area contributed by atoms with Crippen LogP contribution in [0.25, 0.3) is 0 Å². The molecule has 1 amide bonds. The maximum absolute atomic E-state index is 11.8. The maximum Gasteiger partial charge on any atom is 0.270 e. The lowest BCUT2D eigenvalue weighted by Crippen LogP contribution is -2.43. The first-order chi connectivity index (χ1) is 8.60. The van der Waals surface area contributed by atoms with Crippen LogP contribution in [-0.4, -0.2) is 42.9 Å². The smallest absolute Gasteiger partial charge is 0.270 e. The number of amides is 1. The van der Waals surface area contributed by atoms with E-state index in [1.165, 1.54) is 0 Å². The second kappa shape index (κ2) is 5.77. The number of hydrogen-bond acceptors (Lipinski definition) is 4. The van der Waals surface area contributed by atoms with Gasteiger partial charge in [-0.25, -0.2) is 4.98 Å². The highest BCUT2D eigenvalue weighted by Gasteiger charge is 2.23. The SMILES string of the molecule is COC[C@@H]1CNC(=O)C(c2cc(Cl)nc(Br)c2)=N1. The third-order valence-corrected chi connectivity index (χ3v) is 3.02. The molecule has 0 aromatic carbocycles. The van der Waals surface area contributed by atoms with Gasteiger partial charge in [0.2, 0.25) is 0 Å². The first-order valence-corrected chi connectivity index (χ1v) is 6.45. The van der Waals surface area contributed by atoms with Crippen molar-refractivity contribution in [2.24, 2.45) is 4.99 Å². The van der Waals surface area contributed by atoms with Crippen molar-refractivity contribution in [3.05, 3.63) is 27.5 Å². The molecule has 0 fully saturated rings. The monoisotopic (exact) mass is 331 g/mol. The Morgan fingerprint density at radius 1 is 1.61 bits per heavy atom. The zero-order chi connectivity index (χ0) is 13.1. The summed E-state index contributed by atoms with van der Waals surface area (Å²) >= 11 is 9.10. The molecule has 1 N–H and O–H groups in total. The fraction of sp³-hybridized carbons (Fsp3) is 0.364. The summed E-state index contributed by atoms with van der Waals surface area (Å²) in [5.74, 6) is -0.212. The summed E-state index contributed by atoms with van der Waals surface area (Å²) in [6.07, 6.45) is 0. The quantitative estimate of drug-likeness (QED) is 0.852. The molecular weight excluding hydrogens is 321 g/mol. The fourth-order valence-electron chi connectivity index (χ4n) is 1.68. The van der Waals surface area contributed by atoms with Crippen molar-refractivity contribution in [2.75, 3.05) is 20.3 Å². The summed E-state index contributed by atoms with van der Waals surface area (Å²) in [6, 6.07) is 3.24. The Labute approximate surface area is 118 Å². The minimum atomic E-state index is -0.212. The largest absolute Gasteiger partial charge is 0.382 e. The van der Waals surface area contributed by atoms with Gasteiger partial charge in [0.25, 0.3) is 5.91 Å². The van der Waals surface area contributed by atoms with Crippen LogP contribution >= 0.6 is 27.5 Å². The number of carbonyl (C=O) groups excluding carboxylic acids is 1. The Kier molecular flexibility index (Phi) is 4.31. The van der Waals surface area contributed by atoms with E-state index in [2.05, 4.69) is 31.2 Å². The first kappa shape index (κ1) is 13.5. The third kappa shape index (κ3) is 3.07. The van der Waals surface area contributed by atoms with Gasteiger partial charge in [-0.05, 0) is 28.1 Å². The molecule has 1 aliphatic heterocycles. The predicted octanol–water partition coefficient (Wildman–Crippen LogP) is 1.43. The Balaban J connectivity index is 2.36. The van der Waals surface area contributed by atoms with E-state index in [0.717, 1.165) is 0 Å². The number of methoxy groups -OCH3 is 1. The van der Waals surface area contributed by atoms with Crippen LogP contribution in [0.4, 0.5) is 0 Å². The second-order valence-electron chi connectivity index (χ2n) is 3.80. The summed E-state index contributed by atoms with van der Waals surface area (Å²) in [7, 11) is 1.60. The molecule has 1 atom stereocenters. The van der Waals surface area contributed by atoms with E-state index in [1.807, 2.05) is 0 Å². The van der Waals surface area contributed by atoms with Crippen LogP contribution in [0, 0.1) is 0 Å². The van der Waals surface area contributed by atoms with Crippen molar-refractivity contribution in [3.8, 4) is 0 Å². The van der Waals surface area contributed by atoms with Gasteiger partial charge in [0.05, 0.1) is 12.6 Å². The zero-order valence-corrected chi connectivity index (χ0v) is 12.0. The van der Waals surface area contributed by atoms with Crippen molar-refractivity contribution in [2.45, 2.75) is 6.04 Å². The van der Waals surface area contributed by atoms with Gasteiger partial charge >= 0.3 is 0 Å². The van der Waals surface area contributed by atoms with Crippen LogP contribution in [0.15, 0.2) is 21.7 Å². The van der Waals surface area contributed by atoms with Crippen molar-refractivity contribution in [1.82, 2.24) is 10.3 Å². The number of aromatic nitrogens is 1. The van der Waals surface area contributed by atoms with Crippen molar-refractivity contribution >= 4 is 39.1 Å². The molecule has 0 aliphatic carbocycles. The normalized spacial score (nSPS) is 19.4. The molecule has 2 rings (SSSR count). The second-order valence-corrected chi connectivity index (χ2v) is 5.00. The van der Waals surface area contributed by atoms with Gasteiger partial charge in [-0.15, -0.1) is 0 Å². The molecule has 1 aliphatic rings. The molecular formula is C11H11BrClN3O2. The van der Waals surface area contributed by atoms with Crippen LogP contribution < -0.4 is 5.32 Å². The van der Waals surface area contributed by atoms with Gasteiger partial charge in [0.1, 0.15) is 15.5 Å².